The van der Waals surface area contributed by atoms with Gasteiger partial charge in [0.1, 0.15) is 17.4 Å². The van der Waals surface area contributed by atoms with Crippen LogP contribution in [0.4, 0.5) is 0 Å². The van der Waals surface area contributed by atoms with Gasteiger partial charge < -0.3 is 14.3 Å². The van der Waals surface area contributed by atoms with Crippen LogP contribution in [0.5, 0.6) is 5.75 Å². The molecule has 0 radical (unpaired) electrons. The smallest absolute Gasteiger partial charge is 0.266 e. The highest BCUT2D eigenvalue weighted by atomic mass is 16.5. The highest BCUT2D eigenvalue weighted by Gasteiger charge is 2.09. The quantitative estimate of drug-likeness (QED) is 0.767. The second kappa shape index (κ2) is 7.28. The van der Waals surface area contributed by atoms with Crippen molar-refractivity contribution in [2.75, 3.05) is 0 Å². The van der Waals surface area contributed by atoms with Crippen LogP contribution in [0.1, 0.15) is 31.4 Å². The Bertz CT molecular complexity index is 1110. The third-order valence-electron chi connectivity index (χ3n) is 4.27. The molecule has 3 rings (SSSR count). The second-order valence-electron chi connectivity index (χ2n) is 6.18. The topological polar surface area (TPSA) is 87.9 Å². The molecule has 1 N–H and O–H groups in total. The van der Waals surface area contributed by atoms with Gasteiger partial charge in [-0.1, -0.05) is 19.1 Å². The van der Waals surface area contributed by atoms with Crippen molar-refractivity contribution in [1.82, 2.24) is 9.55 Å². The third-order valence-corrected chi connectivity index (χ3v) is 4.27. The number of ether oxygens (including phenoxy) is 1. The van der Waals surface area contributed by atoms with E-state index < -0.39 is 5.56 Å². The van der Waals surface area contributed by atoms with Crippen molar-refractivity contribution < 1.29 is 4.74 Å². The number of rotatable bonds is 5. The fourth-order valence-electron chi connectivity index (χ4n) is 2.68. The Hall–Kier alpha value is -3.33. The zero-order chi connectivity index (χ0) is 18.7. The van der Waals surface area contributed by atoms with Crippen LogP contribution in [0.15, 0.2) is 52.2 Å². The first kappa shape index (κ1) is 17.5. The largest absolute Gasteiger partial charge is 0.491 e. The molecule has 1 atom stereocenters. The average Bonchev–Trinajstić information content (AvgIpc) is 2.64. The summed E-state index contributed by atoms with van der Waals surface area (Å²) in [6, 6.07) is 12.4. The Balaban J connectivity index is 1.97. The summed E-state index contributed by atoms with van der Waals surface area (Å²) >= 11 is 0. The molecule has 132 valence electrons. The molecule has 0 unspecified atom stereocenters. The van der Waals surface area contributed by atoms with E-state index >= 15 is 0 Å². The summed E-state index contributed by atoms with van der Waals surface area (Å²) in [6.07, 6.45) is 2.66. The second-order valence-corrected chi connectivity index (χ2v) is 6.18. The van der Waals surface area contributed by atoms with Crippen LogP contribution in [0.25, 0.3) is 10.9 Å². The first-order chi connectivity index (χ1) is 12.5. The maximum Gasteiger partial charge on any atom is 0.266 e. The fraction of sp³-hybridized carbons (Fsp3) is 0.250. The van der Waals surface area contributed by atoms with Crippen molar-refractivity contribution in [3.05, 3.63) is 74.4 Å². The SMILES string of the molecule is CC[C@H](C)Oc1cccc(Cn2ccc3[nH]c(=O)c(C#N)cc3c2=O)c1. The zero-order valence-electron chi connectivity index (χ0n) is 14.7. The van der Waals surface area contributed by atoms with E-state index in [1.54, 1.807) is 22.9 Å². The minimum atomic E-state index is -0.493. The van der Waals surface area contributed by atoms with Crippen molar-refractivity contribution >= 4 is 10.9 Å². The highest BCUT2D eigenvalue weighted by Crippen LogP contribution is 2.17. The molecule has 26 heavy (non-hydrogen) atoms. The molecule has 0 saturated carbocycles. The van der Waals surface area contributed by atoms with Gasteiger partial charge in [0, 0.05) is 6.20 Å². The molecule has 6 heteroatoms. The lowest BCUT2D eigenvalue weighted by Crippen LogP contribution is -2.22. The number of fused-ring (bicyclic) bond motifs is 1. The van der Waals surface area contributed by atoms with E-state index in [4.69, 9.17) is 10.00 Å². The molecule has 0 bridgehead atoms. The molecule has 0 aliphatic carbocycles. The molecule has 6 nitrogen and oxygen atoms in total. The normalized spacial score (nSPS) is 11.9. The number of benzene rings is 1. The lowest BCUT2D eigenvalue weighted by Gasteiger charge is -2.14. The van der Waals surface area contributed by atoms with Crippen LogP contribution in [0.3, 0.4) is 0 Å². The predicted octanol–water partition coefficient (Wildman–Crippen LogP) is 2.79. The number of aromatic nitrogens is 2. The monoisotopic (exact) mass is 349 g/mol. The van der Waals surface area contributed by atoms with Crippen LogP contribution in [-0.4, -0.2) is 15.7 Å². The summed E-state index contributed by atoms with van der Waals surface area (Å²) < 4.78 is 7.37. The molecular formula is C20H19N3O3. The number of nitrogens with zero attached hydrogens (tertiary/aromatic N) is 2. The Labute approximate surface area is 150 Å². The van der Waals surface area contributed by atoms with Crippen LogP contribution in [-0.2, 0) is 6.54 Å². The minimum Gasteiger partial charge on any atom is -0.491 e. The Morgan fingerprint density at radius 1 is 1.27 bits per heavy atom. The van der Waals surface area contributed by atoms with Crippen molar-refractivity contribution in [1.29, 1.82) is 5.26 Å². The zero-order valence-corrected chi connectivity index (χ0v) is 14.7. The van der Waals surface area contributed by atoms with Crippen LogP contribution < -0.4 is 15.9 Å². The van der Waals surface area contributed by atoms with Crippen molar-refractivity contribution in [3.8, 4) is 11.8 Å². The standard InChI is InChI=1S/C20H19N3O3/c1-3-13(2)26-16-6-4-5-14(9-16)12-23-8-7-18-17(20(23)25)10-15(11-21)19(24)22-18/h4-10,13H,3,12H2,1-2H3,(H,22,24)/t13-/m0/s1. The number of pyridine rings is 2. The van der Waals surface area contributed by atoms with E-state index in [1.165, 1.54) is 6.07 Å². The van der Waals surface area contributed by atoms with E-state index in [0.717, 1.165) is 17.7 Å². The van der Waals surface area contributed by atoms with E-state index in [0.29, 0.717) is 17.4 Å². The van der Waals surface area contributed by atoms with Gasteiger partial charge in [0.15, 0.2) is 0 Å². The molecule has 3 aromatic rings. The first-order valence-corrected chi connectivity index (χ1v) is 8.44. The molecule has 0 aliphatic heterocycles. The highest BCUT2D eigenvalue weighted by molar-refractivity contribution is 5.78. The van der Waals surface area contributed by atoms with Gasteiger partial charge in [-0.05, 0) is 43.2 Å². The molecule has 2 aromatic heterocycles. The van der Waals surface area contributed by atoms with Crippen molar-refractivity contribution in [2.45, 2.75) is 32.9 Å². The van der Waals surface area contributed by atoms with Crippen LogP contribution in [0, 0.1) is 11.3 Å². The summed E-state index contributed by atoms with van der Waals surface area (Å²) in [6.45, 7) is 4.44. The molecular weight excluding hydrogens is 330 g/mol. The van der Waals surface area contributed by atoms with E-state index in [2.05, 4.69) is 11.9 Å². The predicted molar refractivity (Wildman–Crippen MR) is 99.5 cm³/mol. The van der Waals surface area contributed by atoms with Gasteiger partial charge in [0.2, 0.25) is 0 Å². The lowest BCUT2D eigenvalue weighted by atomic mass is 10.2. The molecule has 2 heterocycles. The third kappa shape index (κ3) is 3.52. The molecule has 0 spiro atoms. The van der Waals surface area contributed by atoms with Gasteiger partial charge in [-0.25, -0.2) is 0 Å². The van der Waals surface area contributed by atoms with Gasteiger partial charge in [0.25, 0.3) is 11.1 Å². The number of nitriles is 1. The van der Waals surface area contributed by atoms with E-state index in [-0.39, 0.29) is 17.2 Å². The average molecular weight is 349 g/mol. The van der Waals surface area contributed by atoms with E-state index in [1.807, 2.05) is 31.2 Å². The van der Waals surface area contributed by atoms with Crippen LogP contribution >= 0.6 is 0 Å². The minimum absolute atomic E-state index is 0.0729. The van der Waals surface area contributed by atoms with Gasteiger partial charge in [-0.15, -0.1) is 0 Å². The number of hydrogen-bond acceptors (Lipinski definition) is 4. The fourth-order valence-corrected chi connectivity index (χ4v) is 2.68. The summed E-state index contributed by atoms with van der Waals surface area (Å²) in [7, 11) is 0. The van der Waals surface area contributed by atoms with Crippen molar-refractivity contribution in [3.63, 3.8) is 0 Å². The van der Waals surface area contributed by atoms with Crippen molar-refractivity contribution in [2.24, 2.45) is 0 Å². The number of hydrogen-bond donors (Lipinski definition) is 1. The molecule has 0 fully saturated rings. The number of aromatic amines is 1. The summed E-state index contributed by atoms with van der Waals surface area (Å²) in [5.74, 6) is 0.766. The molecule has 0 amide bonds. The summed E-state index contributed by atoms with van der Waals surface area (Å²) in [5.41, 5.74) is 0.521. The van der Waals surface area contributed by atoms with Gasteiger partial charge in [-0.3, -0.25) is 9.59 Å². The molecule has 1 aromatic carbocycles. The van der Waals surface area contributed by atoms with Gasteiger partial charge in [-0.2, -0.15) is 5.26 Å². The maximum atomic E-state index is 12.7. The summed E-state index contributed by atoms with van der Waals surface area (Å²) in [4.78, 5) is 27.0. The van der Waals surface area contributed by atoms with Gasteiger partial charge in [0.05, 0.1) is 23.6 Å². The molecule has 0 aliphatic rings. The molecule has 0 saturated heterocycles. The van der Waals surface area contributed by atoms with Gasteiger partial charge >= 0.3 is 0 Å². The Morgan fingerprint density at radius 3 is 2.81 bits per heavy atom. The lowest BCUT2D eigenvalue weighted by molar-refractivity contribution is 0.217. The number of nitrogens with one attached hydrogen (secondary N) is 1. The Morgan fingerprint density at radius 2 is 2.08 bits per heavy atom. The first-order valence-electron chi connectivity index (χ1n) is 8.44. The van der Waals surface area contributed by atoms with Crippen LogP contribution in [0.2, 0.25) is 0 Å². The number of H-pyrrole nitrogens is 1. The van der Waals surface area contributed by atoms with E-state index in [9.17, 15) is 9.59 Å². The summed E-state index contributed by atoms with van der Waals surface area (Å²) in [5, 5.41) is 9.32. The Kier molecular flexibility index (Phi) is 4.90. The maximum absolute atomic E-state index is 12.7.